The van der Waals surface area contributed by atoms with Crippen molar-refractivity contribution in [3.63, 3.8) is 0 Å². The topological polar surface area (TPSA) is 3.24 Å². The Labute approximate surface area is 322 Å². The molecule has 0 bridgehead atoms. The summed E-state index contributed by atoms with van der Waals surface area (Å²) < 4.78 is 0. The summed E-state index contributed by atoms with van der Waals surface area (Å²) in [6, 6.07) is 41.1. The summed E-state index contributed by atoms with van der Waals surface area (Å²) in [4.78, 5) is 2.54. The zero-order valence-corrected chi connectivity index (χ0v) is 32.0. The zero-order valence-electron chi connectivity index (χ0n) is 32.0. The van der Waals surface area contributed by atoms with Crippen LogP contribution in [0.2, 0.25) is 0 Å². The maximum atomic E-state index is 3.84. The molecule has 1 atom stereocenters. The zero-order chi connectivity index (χ0) is 37.2. The Morgan fingerprint density at radius 3 is 2.35 bits per heavy atom. The van der Waals surface area contributed by atoms with Gasteiger partial charge in [-0.15, -0.1) is 0 Å². The second-order valence-corrected chi connectivity index (χ2v) is 15.4. The Morgan fingerprint density at radius 1 is 0.759 bits per heavy atom. The van der Waals surface area contributed by atoms with Gasteiger partial charge >= 0.3 is 0 Å². The number of allylic oxidation sites excluding steroid dienone is 11. The molecule has 1 nitrogen and oxygen atoms in total. The van der Waals surface area contributed by atoms with E-state index in [2.05, 4.69) is 197 Å². The van der Waals surface area contributed by atoms with E-state index in [9.17, 15) is 0 Å². The highest BCUT2D eigenvalue weighted by Gasteiger charge is 2.36. The normalized spacial score (nSPS) is 18.1. The maximum absolute atomic E-state index is 3.84. The van der Waals surface area contributed by atoms with Crippen molar-refractivity contribution in [3.8, 4) is 11.1 Å². The van der Waals surface area contributed by atoms with E-state index in [1.165, 1.54) is 78.3 Å². The molecule has 0 aromatic heterocycles. The number of benzene rings is 5. The molecule has 5 aromatic rings. The molecule has 0 spiro atoms. The summed E-state index contributed by atoms with van der Waals surface area (Å²) in [6.07, 6.45) is 24.5. The van der Waals surface area contributed by atoms with Crippen LogP contribution in [-0.2, 0) is 18.3 Å². The molecule has 1 unspecified atom stereocenters. The van der Waals surface area contributed by atoms with E-state index in [-0.39, 0.29) is 5.41 Å². The van der Waals surface area contributed by atoms with Gasteiger partial charge in [0.25, 0.3) is 0 Å². The van der Waals surface area contributed by atoms with Crippen LogP contribution in [0.15, 0.2) is 176 Å². The highest BCUT2D eigenvalue weighted by atomic mass is 15.2. The van der Waals surface area contributed by atoms with Crippen molar-refractivity contribution in [2.24, 2.45) is 5.92 Å². The minimum Gasteiger partial charge on any atom is -0.314 e. The number of rotatable bonds is 8. The summed E-state index contributed by atoms with van der Waals surface area (Å²) >= 11 is 0. The van der Waals surface area contributed by atoms with Gasteiger partial charge in [0.15, 0.2) is 0 Å². The van der Waals surface area contributed by atoms with Gasteiger partial charge in [0.05, 0.1) is 0 Å². The third kappa shape index (κ3) is 6.72. The van der Waals surface area contributed by atoms with Crippen LogP contribution in [-0.4, -0.2) is 0 Å². The van der Waals surface area contributed by atoms with Crippen molar-refractivity contribution in [1.29, 1.82) is 0 Å². The van der Waals surface area contributed by atoms with Crippen LogP contribution >= 0.6 is 0 Å². The number of anilines is 2. The van der Waals surface area contributed by atoms with Gasteiger partial charge in [-0.1, -0.05) is 167 Å². The summed E-state index contributed by atoms with van der Waals surface area (Å²) in [7, 11) is 0. The number of fused-ring (bicyclic) bond motifs is 5. The molecule has 1 heteroatoms. The Kier molecular flexibility index (Phi) is 9.65. The van der Waals surface area contributed by atoms with Crippen molar-refractivity contribution >= 4 is 29.1 Å². The van der Waals surface area contributed by atoms with Gasteiger partial charge in [0, 0.05) is 28.4 Å². The maximum Gasteiger partial charge on any atom is 0.0462 e. The van der Waals surface area contributed by atoms with E-state index >= 15 is 0 Å². The standard InChI is InChI=1S/C53H49N/c1-6-8-17-38(7-2)23-24-39-25-26-41-32-44(40-18-10-9-11-19-40)33-42-27-28-46(35-45(42)34-43(41)31-39)54(52-22-15-12-16-37(52)3)47-29-30-49-48-20-13-14-21-50(48)53(4,5)51(49)36-47/h6-15,17-32,35-37H,1,16,33-34H2,2-5H3/b17-8-,24-23+,38-7+,44-32-. The molecule has 0 saturated heterocycles. The van der Waals surface area contributed by atoms with Gasteiger partial charge in [0.1, 0.15) is 0 Å². The molecule has 8 rings (SSSR count). The molecular formula is C53H49N. The molecule has 0 saturated carbocycles. The molecule has 0 amide bonds. The molecule has 5 aromatic carbocycles. The molecule has 0 N–H and O–H groups in total. The lowest BCUT2D eigenvalue weighted by atomic mass is 9.82. The van der Waals surface area contributed by atoms with Crippen LogP contribution in [0, 0.1) is 5.92 Å². The average Bonchev–Trinajstić information content (AvgIpc) is 3.42. The molecule has 0 radical (unpaired) electrons. The van der Waals surface area contributed by atoms with Crippen LogP contribution in [0.4, 0.5) is 11.4 Å². The third-order valence-corrected chi connectivity index (χ3v) is 11.6. The lowest BCUT2D eigenvalue weighted by Gasteiger charge is -2.34. The summed E-state index contributed by atoms with van der Waals surface area (Å²) in [5.74, 6) is 0.390. The van der Waals surface area contributed by atoms with Crippen molar-refractivity contribution in [2.45, 2.75) is 52.4 Å². The largest absolute Gasteiger partial charge is 0.314 e. The van der Waals surface area contributed by atoms with Gasteiger partial charge in [-0.05, 0) is 123 Å². The van der Waals surface area contributed by atoms with Crippen molar-refractivity contribution in [2.75, 3.05) is 4.90 Å². The molecule has 3 aliphatic carbocycles. The Bertz CT molecular complexity index is 2420. The molecular weight excluding hydrogens is 651 g/mol. The van der Waals surface area contributed by atoms with E-state index in [1.54, 1.807) is 0 Å². The summed E-state index contributed by atoms with van der Waals surface area (Å²) in [6.45, 7) is 13.0. The summed E-state index contributed by atoms with van der Waals surface area (Å²) in [5, 5.41) is 0. The van der Waals surface area contributed by atoms with Crippen LogP contribution in [0.1, 0.15) is 78.6 Å². The van der Waals surface area contributed by atoms with Crippen LogP contribution in [0.3, 0.4) is 0 Å². The number of hydrogen-bond acceptors (Lipinski definition) is 1. The molecule has 3 aliphatic rings. The van der Waals surface area contributed by atoms with Gasteiger partial charge in [0.2, 0.25) is 0 Å². The minimum absolute atomic E-state index is 0.0717. The first-order valence-corrected chi connectivity index (χ1v) is 19.4. The SMILES string of the molecule is C=C\C=C/C(/C=C/c1ccc2c(c1)Cc1cc(N(C3=CC=CCC3C)c3ccc4c(c3)C(C)(C)c3ccccc3-4)ccc1C/C(c1ccccc1)=C/2)=C\C. The monoisotopic (exact) mass is 699 g/mol. The predicted molar refractivity (Wildman–Crippen MR) is 233 cm³/mol. The van der Waals surface area contributed by atoms with Crippen LogP contribution in [0.25, 0.3) is 28.9 Å². The van der Waals surface area contributed by atoms with E-state index in [1.807, 2.05) is 12.2 Å². The van der Waals surface area contributed by atoms with Gasteiger partial charge in [-0.2, -0.15) is 0 Å². The molecule has 54 heavy (non-hydrogen) atoms. The van der Waals surface area contributed by atoms with Gasteiger partial charge in [-0.3, -0.25) is 0 Å². The second kappa shape index (κ2) is 14.8. The first kappa shape index (κ1) is 35.1. The smallest absolute Gasteiger partial charge is 0.0462 e. The van der Waals surface area contributed by atoms with Gasteiger partial charge in [-0.25, -0.2) is 0 Å². The highest BCUT2D eigenvalue weighted by molar-refractivity contribution is 5.86. The molecule has 0 aliphatic heterocycles. The minimum atomic E-state index is -0.0717. The first-order valence-electron chi connectivity index (χ1n) is 19.4. The Balaban J connectivity index is 1.25. The Hall–Kier alpha value is -5.92. The van der Waals surface area contributed by atoms with Crippen molar-refractivity contribution in [3.05, 3.63) is 220 Å². The van der Waals surface area contributed by atoms with Crippen molar-refractivity contribution < 1.29 is 0 Å². The predicted octanol–water partition coefficient (Wildman–Crippen LogP) is 14.0. The fourth-order valence-electron chi connectivity index (χ4n) is 8.53. The first-order chi connectivity index (χ1) is 26.3. The van der Waals surface area contributed by atoms with E-state index < -0.39 is 0 Å². The van der Waals surface area contributed by atoms with E-state index in [0.717, 1.165) is 24.8 Å². The molecule has 0 heterocycles. The molecule has 0 fully saturated rings. The molecule has 266 valence electrons. The van der Waals surface area contributed by atoms with Gasteiger partial charge < -0.3 is 4.90 Å². The lowest BCUT2D eigenvalue weighted by molar-refractivity contribution is 0.657. The fraction of sp³-hybridized carbons (Fsp3) is 0.170. The van der Waals surface area contributed by atoms with E-state index in [0.29, 0.717) is 5.92 Å². The highest BCUT2D eigenvalue weighted by Crippen LogP contribution is 2.50. The van der Waals surface area contributed by atoms with Crippen LogP contribution in [0.5, 0.6) is 0 Å². The fourth-order valence-corrected chi connectivity index (χ4v) is 8.53. The third-order valence-electron chi connectivity index (χ3n) is 11.6. The van der Waals surface area contributed by atoms with Crippen molar-refractivity contribution in [1.82, 2.24) is 0 Å². The van der Waals surface area contributed by atoms with Crippen LogP contribution < -0.4 is 4.90 Å². The van der Waals surface area contributed by atoms with E-state index in [4.69, 9.17) is 0 Å². The quantitative estimate of drug-likeness (QED) is 0.146. The number of nitrogens with zero attached hydrogens (tertiary/aromatic N) is 1. The lowest BCUT2D eigenvalue weighted by Crippen LogP contribution is -2.23. The number of hydrogen-bond donors (Lipinski definition) is 0. The average molecular weight is 700 g/mol. The summed E-state index contributed by atoms with van der Waals surface area (Å²) in [5.41, 5.74) is 19.5. The second-order valence-electron chi connectivity index (χ2n) is 15.4. The Morgan fingerprint density at radius 2 is 1.54 bits per heavy atom.